The molecule has 10 heavy (non-hydrogen) atoms. The van der Waals surface area contributed by atoms with Gasteiger partial charge in [0.15, 0.2) is 0 Å². The number of hydrogen-bond acceptors (Lipinski definition) is 3. The summed E-state index contributed by atoms with van der Waals surface area (Å²) in [5.41, 5.74) is 5.45. The normalized spacial score (nSPS) is 26.6. The van der Waals surface area contributed by atoms with Crippen LogP contribution in [0.2, 0.25) is 0 Å². The lowest BCUT2D eigenvalue weighted by Gasteiger charge is -2.29. The van der Waals surface area contributed by atoms with E-state index < -0.39 is 0 Å². The monoisotopic (exact) mass is 144 g/mol. The van der Waals surface area contributed by atoms with Crippen molar-refractivity contribution in [2.45, 2.75) is 13.2 Å². The minimum atomic E-state index is -0.294. The van der Waals surface area contributed by atoms with Crippen molar-refractivity contribution in [3.63, 3.8) is 0 Å². The summed E-state index contributed by atoms with van der Waals surface area (Å²) in [5, 5.41) is 0. The van der Waals surface area contributed by atoms with Gasteiger partial charge in [0, 0.05) is 13.5 Å². The highest BCUT2D eigenvalue weighted by Gasteiger charge is 2.18. The van der Waals surface area contributed by atoms with Gasteiger partial charge < -0.3 is 15.4 Å². The van der Waals surface area contributed by atoms with E-state index in [1.54, 1.807) is 4.90 Å². The van der Waals surface area contributed by atoms with Crippen molar-refractivity contribution >= 4 is 5.91 Å². The molecule has 0 aromatic carbocycles. The van der Waals surface area contributed by atoms with Gasteiger partial charge in [0.2, 0.25) is 5.91 Å². The summed E-state index contributed by atoms with van der Waals surface area (Å²) in [7, 11) is 0. The van der Waals surface area contributed by atoms with Gasteiger partial charge in [-0.25, -0.2) is 0 Å². The van der Waals surface area contributed by atoms with E-state index >= 15 is 0 Å². The lowest BCUT2D eigenvalue weighted by atomic mass is 10.4. The second-order valence-electron chi connectivity index (χ2n) is 2.37. The summed E-state index contributed by atoms with van der Waals surface area (Å²) in [6, 6.07) is 0. The molecule has 0 spiro atoms. The van der Waals surface area contributed by atoms with Crippen molar-refractivity contribution < 1.29 is 9.53 Å². The van der Waals surface area contributed by atoms with Crippen molar-refractivity contribution in [1.82, 2.24) is 4.90 Å². The van der Waals surface area contributed by atoms with Crippen LogP contribution in [0.25, 0.3) is 0 Å². The molecule has 0 aromatic rings. The van der Waals surface area contributed by atoms with E-state index in [0.29, 0.717) is 19.7 Å². The summed E-state index contributed by atoms with van der Waals surface area (Å²) >= 11 is 0. The van der Waals surface area contributed by atoms with Crippen molar-refractivity contribution in [2.24, 2.45) is 5.73 Å². The van der Waals surface area contributed by atoms with E-state index in [4.69, 9.17) is 10.5 Å². The summed E-state index contributed by atoms with van der Waals surface area (Å²) in [6.07, 6.45) is -0.294. The lowest BCUT2D eigenvalue weighted by molar-refractivity contribution is -0.136. The number of carbonyl (C=O) groups is 1. The zero-order valence-corrected chi connectivity index (χ0v) is 6.04. The third-order valence-electron chi connectivity index (χ3n) is 1.54. The quantitative estimate of drug-likeness (QED) is 0.482. The Morgan fingerprint density at radius 1 is 1.80 bits per heavy atom. The van der Waals surface area contributed by atoms with E-state index in [2.05, 4.69) is 0 Å². The standard InChI is InChI=1S/C6H12N2O2/c1-5(9)8-2-3-10-6(7)4-8/h6H,2-4,7H2,1H3. The fourth-order valence-corrected chi connectivity index (χ4v) is 0.961. The first-order valence-corrected chi connectivity index (χ1v) is 3.33. The fourth-order valence-electron chi connectivity index (χ4n) is 0.961. The van der Waals surface area contributed by atoms with Gasteiger partial charge in [-0.2, -0.15) is 0 Å². The Morgan fingerprint density at radius 2 is 2.50 bits per heavy atom. The molecule has 0 bridgehead atoms. The zero-order chi connectivity index (χ0) is 7.56. The molecule has 0 radical (unpaired) electrons. The molecule has 1 aliphatic heterocycles. The Morgan fingerprint density at radius 3 is 2.90 bits per heavy atom. The van der Waals surface area contributed by atoms with Crippen LogP contribution in [0, 0.1) is 0 Å². The van der Waals surface area contributed by atoms with Crippen molar-refractivity contribution in [3.05, 3.63) is 0 Å². The molecule has 1 unspecified atom stereocenters. The average Bonchev–Trinajstić information content (AvgIpc) is 1.88. The van der Waals surface area contributed by atoms with Gasteiger partial charge in [0.1, 0.15) is 6.23 Å². The number of amides is 1. The summed E-state index contributed by atoms with van der Waals surface area (Å²) in [4.78, 5) is 12.4. The first-order chi connectivity index (χ1) is 4.70. The summed E-state index contributed by atoms with van der Waals surface area (Å²) in [5.74, 6) is 0.0683. The van der Waals surface area contributed by atoms with E-state index in [-0.39, 0.29) is 12.1 Å². The van der Waals surface area contributed by atoms with Crippen LogP contribution >= 0.6 is 0 Å². The number of nitrogens with two attached hydrogens (primary N) is 1. The van der Waals surface area contributed by atoms with Crippen LogP contribution in [0.15, 0.2) is 0 Å². The zero-order valence-electron chi connectivity index (χ0n) is 6.04. The first kappa shape index (κ1) is 7.50. The number of ether oxygens (including phenoxy) is 1. The molecule has 1 atom stereocenters. The van der Waals surface area contributed by atoms with Gasteiger partial charge in [0.25, 0.3) is 0 Å². The minimum absolute atomic E-state index is 0.0683. The first-order valence-electron chi connectivity index (χ1n) is 3.33. The maximum Gasteiger partial charge on any atom is 0.219 e. The van der Waals surface area contributed by atoms with Crippen LogP contribution in [0.1, 0.15) is 6.92 Å². The van der Waals surface area contributed by atoms with E-state index in [0.717, 1.165) is 0 Å². The van der Waals surface area contributed by atoms with Gasteiger partial charge in [-0.1, -0.05) is 0 Å². The average molecular weight is 144 g/mol. The molecule has 1 amide bonds. The molecule has 1 saturated heterocycles. The summed E-state index contributed by atoms with van der Waals surface area (Å²) < 4.78 is 5.04. The number of morpholine rings is 1. The largest absolute Gasteiger partial charge is 0.360 e. The molecule has 0 aromatic heterocycles. The van der Waals surface area contributed by atoms with Crippen LogP contribution in [0.3, 0.4) is 0 Å². The third kappa shape index (κ3) is 1.68. The highest BCUT2D eigenvalue weighted by molar-refractivity contribution is 5.73. The molecule has 0 saturated carbocycles. The Hall–Kier alpha value is -0.610. The molecule has 0 aliphatic carbocycles. The lowest BCUT2D eigenvalue weighted by Crippen LogP contribution is -2.48. The van der Waals surface area contributed by atoms with Crippen molar-refractivity contribution in [3.8, 4) is 0 Å². The second-order valence-corrected chi connectivity index (χ2v) is 2.37. The number of hydrogen-bond donors (Lipinski definition) is 1. The maximum atomic E-state index is 10.8. The molecular weight excluding hydrogens is 132 g/mol. The second kappa shape index (κ2) is 2.98. The fraction of sp³-hybridized carbons (Fsp3) is 0.833. The minimum Gasteiger partial charge on any atom is -0.360 e. The third-order valence-corrected chi connectivity index (χ3v) is 1.54. The molecule has 1 rings (SSSR count). The molecular formula is C6H12N2O2. The van der Waals surface area contributed by atoms with E-state index in [1.807, 2.05) is 0 Å². The molecule has 1 fully saturated rings. The highest BCUT2D eigenvalue weighted by atomic mass is 16.5. The summed E-state index contributed by atoms with van der Waals surface area (Å²) in [6.45, 7) is 3.29. The van der Waals surface area contributed by atoms with Crippen LogP contribution in [0.5, 0.6) is 0 Å². The van der Waals surface area contributed by atoms with Gasteiger partial charge in [-0.15, -0.1) is 0 Å². The maximum absolute atomic E-state index is 10.8. The van der Waals surface area contributed by atoms with Gasteiger partial charge in [-0.05, 0) is 0 Å². The number of rotatable bonds is 0. The SMILES string of the molecule is CC(=O)N1CCOC(N)C1. The van der Waals surface area contributed by atoms with Crippen LogP contribution in [-0.4, -0.2) is 36.7 Å². The smallest absolute Gasteiger partial charge is 0.219 e. The Labute approximate surface area is 59.9 Å². The predicted molar refractivity (Wildman–Crippen MR) is 36.2 cm³/mol. The highest BCUT2D eigenvalue weighted by Crippen LogP contribution is 1.99. The topological polar surface area (TPSA) is 55.6 Å². The van der Waals surface area contributed by atoms with Crippen LogP contribution in [0.4, 0.5) is 0 Å². The predicted octanol–water partition coefficient (Wildman–Crippen LogP) is -0.850. The number of carbonyl (C=O) groups excluding carboxylic acids is 1. The Balaban J connectivity index is 2.39. The van der Waals surface area contributed by atoms with Gasteiger partial charge in [0.05, 0.1) is 13.2 Å². The molecule has 4 heteroatoms. The van der Waals surface area contributed by atoms with E-state index in [1.165, 1.54) is 6.92 Å². The Kier molecular flexibility index (Phi) is 2.24. The molecule has 4 nitrogen and oxygen atoms in total. The molecule has 2 N–H and O–H groups in total. The molecule has 1 aliphatic rings. The molecule has 1 heterocycles. The van der Waals surface area contributed by atoms with Crippen LogP contribution in [-0.2, 0) is 9.53 Å². The van der Waals surface area contributed by atoms with E-state index in [9.17, 15) is 4.79 Å². The molecule has 58 valence electrons. The van der Waals surface area contributed by atoms with Gasteiger partial charge >= 0.3 is 0 Å². The van der Waals surface area contributed by atoms with Gasteiger partial charge in [-0.3, -0.25) is 4.79 Å². The van der Waals surface area contributed by atoms with Crippen LogP contribution < -0.4 is 5.73 Å². The Bertz CT molecular complexity index is 138. The van der Waals surface area contributed by atoms with Crippen molar-refractivity contribution in [1.29, 1.82) is 0 Å². The number of nitrogens with zero attached hydrogens (tertiary/aromatic N) is 1. The van der Waals surface area contributed by atoms with Crippen molar-refractivity contribution in [2.75, 3.05) is 19.7 Å².